The fourth-order valence-corrected chi connectivity index (χ4v) is 3.53. The van der Waals surface area contributed by atoms with Crippen LogP contribution in [0.15, 0.2) is 42.5 Å². The molecular formula is C20H20N2O3. The number of nitrogens with zero attached hydrogens (tertiary/aromatic N) is 1. The highest BCUT2D eigenvalue weighted by Crippen LogP contribution is 2.30. The quantitative estimate of drug-likeness (QED) is 0.937. The molecule has 0 bridgehead atoms. The lowest BCUT2D eigenvalue weighted by Gasteiger charge is -2.31. The predicted octanol–water partition coefficient (Wildman–Crippen LogP) is 2.93. The van der Waals surface area contributed by atoms with E-state index in [1.54, 1.807) is 13.0 Å². The number of carbonyl (C=O) groups is 2. The second-order valence-electron chi connectivity index (χ2n) is 6.53. The molecule has 0 spiro atoms. The van der Waals surface area contributed by atoms with Crippen LogP contribution in [0.4, 0.5) is 11.4 Å². The summed E-state index contributed by atoms with van der Waals surface area (Å²) >= 11 is 0. The van der Waals surface area contributed by atoms with E-state index in [-0.39, 0.29) is 18.4 Å². The highest BCUT2D eigenvalue weighted by Gasteiger charge is 2.30. The molecule has 1 heterocycles. The molecule has 2 aromatic rings. The van der Waals surface area contributed by atoms with Gasteiger partial charge in [-0.3, -0.25) is 14.5 Å². The van der Waals surface area contributed by atoms with Gasteiger partial charge in [0, 0.05) is 0 Å². The highest BCUT2D eigenvalue weighted by molar-refractivity contribution is 6.10. The number of fused-ring (bicyclic) bond motifs is 2. The fraction of sp³-hybridized carbons (Fsp3) is 0.300. The number of rotatable bonds is 3. The Morgan fingerprint density at radius 3 is 2.84 bits per heavy atom. The van der Waals surface area contributed by atoms with Crippen molar-refractivity contribution in [3.05, 3.63) is 53.6 Å². The van der Waals surface area contributed by atoms with Gasteiger partial charge in [0.15, 0.2) is 6.10 Å². The van der Waals surface area contributed by atoms with Gasteiger partial charge in [0.1, 0.15) is 12.3 Å². The molecular weight excluding hydrogens is 316 g/mol. The van der Waals surface area contributed by atoms with Crippen molar-refractivity contribution in [2.45, 2.75) is 32.3 Å². The summed E-state index contributed by atoms with van der Waals surface area (Å²) in [5, 5.41) is 2.79. The summed E-state index contributed by atoms with van der Waals surface area (Å²) in [6, 6.07) is 13.3. The van der Waals surface area contributed by atoms with Gasteiger partial charge < -0.3 is 10.1 Å². The highest BCUT2D eigenvalue weighted by atomic mass is 16.5. The second-order valence-corrected chi connectivity index (χ2v) is 6.53. The SMILES string of the molecule is C[C@@H](Oc1ccc2c(c1)CCC2)C(=O)N1CC(=O)Nc2ccccc21. The number of para-hydroxylation sites is 2. The van der Waals surface area contributed by atoms with E-state index in [0.29, 0.717) is 17.1 Å². The Morgan fingerprint density at radius 2 is 1.96 bits per heavy atom. The van der Waals surface area contributed by atoms with Crippen molar-refractivity contribution in [1.82, 2.24) is 0 Å². The molecule has 2 amide bonds. The van der Waals surface area contributed by atoms with Gasteiger partial charge in [-0.05, 0) is 61.6 Å². The van der Waals surface area contributed by atoms with Crippen LogP contribution in [0.2, 0.25) is 0 Å². The molecule has 2 aliphatic rings. The third kappa shape index (κ3) is 2.97. The summed E-state index contributed by atoms with van der Waals surface area (Å²) < 4.78 is 5.88. The Hall–Kier alpha value is -2.82. The van der Waals surface area contributed by atoms with Crippen molar-refractivity contribution in [1.29, 1.82) is 0 Å². The molecule has 1 aliphatic carbocycles. The number of hydrogen-bond acceptors (Lipinski definition) is 3. The summed E-state index contributed by atoms with van der Waals surface area (Å²) in [6.07, 6.45) is 2.68. The molecule has 0 fully saturated rings. The first-order chi connectivity index (χ1) is 12.1. The van der Waals surface area contributed by atoms with E-state index in [1.165, 1.54) is 22.4 Å². The zero-order valence-corrected chi connectivity index (χ0v) is 14.1. The Morgan fingerprint density at radius 1 is 1.16 bits per heavy atom. The summed E-state index contributed by atoms with van der Waals surface area (Å²) in [6.45, 7) is 1.73. The van der Waals surface area contributed by atoms with Crippen LogP contribution in [-0.2, 0) is 22.4 Å². The summed E-state index contributed by atoms with van der Waals surface area (Å²) in [4.78, 5) is 26.3. The van der Waals surface area contributed by atoms with E-state index in [2.05, 4.69) is 11.4 Å². The molecule has 0 unspecified atom stereocenters. The first-order valence-corrected chi connectivity index (χ1v) is 8.60. The Balaban J connectivity index is 1.53. The maximum atomic E-state index is 12.9. The molecule has 0 saturated carbocycles. The molecule has 5 heteroatoms. The third-order valence-corrected chi connectivity index (χ3v) is 4.77. The van der Waals surface area contributed by atoms with Crippen molar-refractivity contribution < 1.29 is 14.3 Å². The molecule has 0 saturated heterocycles. The van der Waals surface area contributed by atoms with E-state index in [9.17, 15) is 9.59 Å². The predicted molar refractivity (Wildman–Crippen MR) is 96.0 cm³/mol. The third-order valence-electron chi connectivity index (χ3n) is 4.77. The zero-order chi connectivity index (χ0) is 17.4. The number of hydrogen-bond donors (Lipinski definition) is 1. The lowest BCUT2D eigenvalue weighted by molar-refractivity contribution is -0.126. The van der Waals surface area contributed by atoms with Crippen LogP contribution < -0.4 is 15.0 Å². The van der Waals surface area contributed by atoms with Gasteiger partial charge in [0.25, 0.3) is 5.91 Å². The molecule has 25 heavy (non-hydrogen) atoms. The molecule has 0 radical (unpaired) electrons. The van der Waals surface area contributed by atoms with E-state index in [4.69, 9.17) is 4.74 Å². The normalized spacial score (nSPS) is 16.7. The number of anilines is 2. The van der Waals surface area contributed by atoms with E-state index in [1.807, 2.05) is 30.3 Å². The van der Waals surface area contributed by atoms with E-state index < -0.39 is 6.10 Å². The van der Waals surface area contributed by atoms with Crippen molar-refractivity contribution >= 4 is 23.2 Å². The number of carbonyl (C=O) groups excluding carboxylic acids is 2. The molecule has 4 rings (SSSR count). The average Bonchev–Trinajstić information content (AvgIpc) is 3.08. The molecule has 1 aliphatic heterocycles. The molecule has 5 nitrogen and oxygen atoms in total. The maximum absolute atomic E-state index is 12.9. The summed E-state index contributed by atoms with van der Waals surface area (Å²) in [5.41, 5.74) is 4.03. The summed E-state index contributed by atoms with van der Waals surface area (Å²) in [7, 11) is 0. The first-order valence-electron chi connectivity index (χ1n) is 8.60. The van der Waals surface area contributed by atoms with Gasteiger partial charge in [-0.1, -0.05) is 18.2 Å². The van der Waals surface area contributed by atoms with Crippen molar-refractivity contribution in [2.75, 3.05) is 16.8 Å². The second kappa shape index (κ2) is 6.24. The number of ether oxygens (including phenoxy) is 1. The monoisotopic (exact) mass is 336 g/mol. The van der Waals surface area contributed by atoms with Crippen LogP contribution in [-0.4, -0.2) is 24.5 Å². The topological polar surface area (TPSA) is 58.6 Å². The van der Waals surface area contributed by atoms with Gasteiger partial charge in [0.05, 0.1) is 11.4 Å². The standard InChI is InChI=1S/C20H20N2O3/c1-13(25-16-10-9-14-5-4-6-15(14)11-16)20(24)22-12-19(23)21-17-7-2-3-8-18(17)22/h2-3,7-11,13H,4-6,12H2,1H3,(H,21,23)/t13-/m1/s1. The number of benzene rings is 2. The van der Waals surface area contributed by atoms with E-state index in [0.717, 1.165) is 12.8 Å². The molecule has 128 valence electrons. The average molecular weight is 336 g/mol. The zero-order valence-electron chi connectivity index (χ0n) is 14.1. The number of amides is 2. The minimum absolute atomic E-state index is 0.00767. The van der Waals surface area contributed by atoms with Gasteiger partial charge in [-0.15, -0.1) is 0 Å². The minimum Gasteiger partial charge on any atom is -0.481 e. The fourth-order valence-electron chi connectivity index (χ4n) is 3.53. The van der Waals surface area contributed by atoms with Crippen LogP contribution in [0.1, 0.15) is 24.5 Å². The number of nitrogens with one attached hydrogen (secondary N) is 1. The van der Waals surface area contributed by atoms with Crippen LogP contribution in [0, 0.1) is 0 Å². The minimum atomic E-state index is -0.668. The van der Waals surface area contributed by atoms with Gasteiger partial charge in [0.2, 0.25) is 5.91 Å². The summed E-state index contributed by atoms with van der Waals surface area (Å²) in [5.74, 6) is 0.288. The van der Waals surface area contributed by atoms with Crippen LogP contribution in [0.25, 0.3) is 0 Å². The first kappa shape index (κ1) is 15.7. The van der Waals surface area contributed by atoms with Gasteiger partial charge >= 0.3 is 0 Å². The number of aryl methyl sites for hydroxylation is 2. The van der Waals surface area contributed by atoms with E-state index >= 15 is 0 Å². The Bertz CT molecular complexity index is 847. The van der Waals surface area contributed by atoms with Crippen molar-refractivity contribution in [2.24, 2.45) is 0 Å². The molecule has 2 aromatic carbocycles. The van der Waals surface area contributed by atoms with Crippen molar-refractivity contribution in [3.8, 4) is 5.75 Å². The largest absolute Gasteiger partial charge is 0.481 e. The van der Waals surface area contributed by atoms with Crippen molar-refractivity contribution in [3.63, 3.8) is 0 Å². The lowest BCUT2D eigenvalue weighted by atomic mass is 10.1. The molecule has 0 aromatic heterocycles. The van der Waals surface area contributed by atoms with Gasteiger partial charge in [-0.2, -0.15) is 0 Å². The van der Waals surface area contributed by atoms with Crippen LogP contribution >= 0.6 is 0 Å². The lowest BCUT2D eigenvalue weighted by Crippen LogP contribution is -2.47. The Labute approximate surface area is 146 Å². The Kier molecular flexibility index (Phi) is 3.92. The van der Waals surface area contributed by atoms with Gasteiger partial charge in [-0.25, -0.2) is 0 Å². The van der Waals surface area contributed by atoms with Crippen LogP contribution in [0.5, 0.6) is 5.75 Å². The molecule has 1 N–H and O–H groups in total. The maximum Gasteiger partial charge on any atom is 0.268 e. The smallest absolute Gasteiger partial charge is 0.268 e. The molecule has 1 atom stereocenters. The van der Waals surface area contributed by atoms with Crippen LogP contribution in [0.3, 0.4) is 0 Å².